The number of alkyl halides is 3. The Labute approximate surface area is 137 Å². The molecular formula is C16H16ClF4NO. The van der Waals surface area contributed by atoms with Crippen molar-refractivity contribution < 1.29 is 22.7 Å². The van der Waals surface area contributed by atoms with Crippen LogP contribution >= 0.6 is 12.4 Å². The van der Waals surface area contributed by atoms with Crippen molar-refractivity contribution in [2.75, 3.05) is 0 Å². The molecule has 0 heterocycles. The van der Waals surface area contributed by atoms with E-state index in [1.54, 1.807) is 30.3 Å². The standard InChI is InChI=1S/C16H15F4NO.ClH/c17-11-6-7-12(13(9-11)16(18,19)20)15(21)14(22)8-10-4-2-1-3-5-10;/h1-7,9,14-15,22H,8,21H2;1H/t14-,15+;/m1./s1. The van der Waals surface area contributed by atoms with E-state index in [9.17, 15) is 22.7 Å². The first kappa shape index (κ1) is 19.4. The van der Waals surface area contributed by atoms with E-state index in [1.165, 1.54) is 0 Å². The van der Waals surface area contributed by atoms with Crippen LogP contribution in [-0.4, -0.2) is 11.2 Å². The zero-order valence-corrected chi connectivity index (χ0v) is 12.7. The van der Waals surface area contributed by atoms with Crippen molar-refractivity contribution in [3.63, 3.8) is 0 Å². The lowest BCUT2D eigenvalue weighted by Gasteiger charge is -2.23. The van der Waals surface area contributed by atoms with Crippen LogP contribution in [0.5, 0.6) is 0 Å². The van der Waals surface area contributed by atoms with E-state index < -0.39 is 29.7 Å². The topological polar surface area (TPSA) is 46.2 Å². The van der Waals surface area contributed by atoms with Crippen molar-refractivity contribution in [1.29, 1.82) is 0 Å². The van der Waals surface area contributed by atoms with Crippen molar-refractivity contribution >= 4 is 12.4 Å². The molecule has 0 radical (unpaired) electrons. The van der Waals surface area contributed by atoms with Crippen LogP contribution in [0.2, 0.25) is 0 Å². The maximum atomic E-state index is 13.1. The van der Waals surface area contributed by atoms with Crippen molar-refractivity contribution in [1.82, 2.24) is 0 Å². The first-order valence-corrected chi connectivity index (χ1v) is 6.63. The van der Waals surface area contributed by atoms with Gasteiger partial charge < -0.3 is 10.8 Å². The normalized spacial score (nSPS) is 14.0. The summed E-state index contributed by atoms with van der Waals surface area (Å²) in [7, 11) is 0. The molecule has 0 saturated carbocycles. The van der Waals surface area contributed by atoms with E-state index in [0.717, 1.165) is 17.7 Å². The Morgan fingerprint density at radius 3 is 2.22 bits per heavy atom. The van der Waals surface area contributed by atoms with Gasteiger partial charge in [-0.25, -0.2) is 4.39 Å². The number of hydrogen-bond acceptors (Lipinski definition) is 2. The summed E-state index contributed by atoms with van der Waals surface area (Å²) in [5, 5.41) is 10.1. The van der Waals surface area contributed by atoms with E-state index >= 15 is 0 Å². The summed E-state index contributed by atoms with van der Waals surface area (Å²) < 4.78 is 52.0. The maximum absolute atomic E-state index is 13.1. The van der Waals surface area contributed by atoms with E-state index in [4.69, 9.17) is 5.73 Å². The predicted octanol–water partition coefficient (Wildman–Crippen LogP) is 3.87. The number of aliphatic hydroxyl groups is 1. The Hall–Kier alpha value is -1.63. The van der Waals surface area contributed by atoms with Crippen LogP contribution in [-0.2, 0) is 12.6 Å². The van der Waals surface area contributed by atoms with Gasteiger partial charge in [0.05, 0.1) is 17.7 Å². The van der Waals surface area contributed by atoms with Crippen LogP contribution in [0.15, 0.2) is 48.5 Å². The lowest BCUT2D eigenvalue weighted by molar-refractivity contribution is -0.138. The summed E-state index contributed by atoms with van der Waals surface area (Å²) in [5.74, 6) is -0.999. The molecule has 0 spiro atoms. The molecule has 3 N–H and O–H groups in total. The summed E-state index contributed by atoms with van der Waals surface area (Å²) >= 11 is 0. The fraction of sp³-hybridized carbons (Fsp3) is 0.250. The van der Waals surface area contributed by atoms with Gasteiger partial charge in [-0.05, 0) is 23.3 Å². The van der Waals surface area contributed by atoms with Gasteiger partial charge in [0, 0.05) is 6.42 Å². The molecule has 2 atom stereocenters. The molecule has 0 unspecified atom stereocenters. The number of rotatable bonds is 4. The Kier molecular flexibility index (Phi) is 6.56. The molecule has 2 nitrogen and oxygen atoms in total. The first-order chi connectivity index (χ1) is 10.3. The fourth-order valence-corrected chi connectivity index (χ4v) is 2.25. The quantitative estimate of drug-likeness (QED) is 0.823. The highest BCUT2D eigenvalue weighted by Crippen LogP contribution is 2.35. The van der Waals surface area contributed by atoms with E-state index in [0.29, 0.717) is 6.07 Å². The summed E-state index contributed by atoms with van der Waals surface area (Å²) in [6.45, 7) is 0. The molecular weight excluding hydrogens is 334 g/mol. The molecule has 0 aliphatic carbocycles. The summed E-state index contributed by atoms with van der Waals surface area (Å²) in [6.07, 6.45) is -5.84. The largest absolute Gasteiger partial charge is 0.416 e. The number of aliphatic hydroxyl groups excluding tert-OH is 1. The average Bonchev–Trinajstić information content (AvgIpc) is 2.46. The van der Waals surface area contributed by atoms with Crippen molar-refractivity contribution in [3.05, 3.63) is 71.0 Å². The van der Waals surface area contributed by atoms with Gasteiger partial charge in [0.1, 0.15) is 5.82 Å². The molecule has 0 bridgehead atoms. The van der Waals surface area contributed by atoms with Gasteiger partial charge in [0.25, 0.3) is 0 Å². The molecule has 0 amide bonds. The molecule has 2 rings (SSSR count). The Morgan fingerprint density at radius 1 is 1.04 bits per heavy atom. The van der Waals surface area contributed by atoms with Crippen LogP contribution in [0.3, 0.4) is 0 Å². The molecule has 126 valence electrons. The van der Waals surface area contributed by atoms with Crippen molar-refractivity contribution in [3.8, 4) is 0 Å². The Balaban J connectivity index is 0.00000264. The number of hydrogen-bond donors (Lipinski definition) is 2. The molecule has 0 aliphatic heterocycles. The Bertz CT molecular complexity index is 634. The lowest BCUT2D eigenvalue weighted by atomic mass is 9.93. The third kappa shape index (κ3) is 4.92. The summed E-state index contributed by atoms with van der Waals surface area (Å²) in [4.78, 5) is 0. The van der Waals surface area contributed by atoms with Gasteiger partial charge in [-0.3, -0.25) is 0 Å². The summed E-state index contributed by atoms with van der Waals surface area (Å²) in [5.41, 5.74) is 5.03. The van der Waals surface area contributed by atoms with E-state index in [-0.39, 0.29) is 24.4 Å². The highest BCUT2D eigenvalue weighted by atomic mass is 35.5. The third-order valence-electron chi connectivity index (χ3n) is 3.38. The Morgan fingerprint density at radius 2 is 1.65 bits per heavy atom. The second-order valence-electron chi connectivity index (χ2n) is 5.01. The van der Waals surface area contributed by atoms with Gasteiger partial charge in [0.2, 0.25) is 0 Å². The van der Waals surface area contributed by atoms with E-state index in [1.807, 2.05) is 0 Å². The minimum absolute atomic E-state index is 0. The van der Waals surface area contributed by atoms with Gasteiger partial charge in [0.15, 0.2) is 0 Å². The minimum atomic E-state index is -4.73. The molecule has 2 aromatic carbocycles. The second kappa shape index (κ2) is 7.77. The zero-order chi connectivity index (χ0) is 16.3. The zero-order valence-electron chi connectivity index (χ0n) is 11.9. The van der Waals surface area contributed by atoms with Crippen LogP contribution in [0, 0.1) is 5.82 Å². The van der Waals surface area contributed by atoms with Gasteiger partial charge in [-0.1, -0.05) is 36.4 Å². The smallest absolute Gasteiger partial charge is 0.391 e. The average molecular weight is 350 g/mol. The van der Waals surface area contributed by atoms with Crippen LogP contribution in [0.25, 0.3) is 0 Å². The molecule has 2 aromatic rings. The number of halogens is 5. The third-order valence-corrected chi connectivity index (χ3v) is 3.38. The monoisotopic (exact) mass is 349 g/mol. The van der Waals surface area contributed by atoms with Crippen molar-refractivity contribution in [2.45, 2.75) is 24.7 Å². The SMILES string of the molecule is Cl.N[C@@H](c1ccc(F)cc1C(F)(F)F)[C@H](O)Cc1ccccc1. The van der Waals surface area contributed by atoms with Gasteiger partial charge in [-0.2, -0.15) is 13.2 Å². The molecule has 7 heteroatoms. The second-order valence-corrected chi connectivity index (χ2v) is 5.01. The highest BCUT2D eigenvalue weighted by Gasteiger charge is 2.36. The molecule has 0 aromatic heterocycles. The number of benzene rings is 2. The molecule has 0 saturated heterocycles. The van der Waals surface area contributed by atoms with E-state index in [2.05, 4.69) is 0 Å². The van der Waals surface area contributed by atoms with Crippen molar-refractivity contribution in [2.24, 2.45) is 5.73 Å². The first-order valence-electron chi connectivity index (χ1n) is 6.63. The van der Waals surface area contributed by atoms with Crippen LogP contribution in [0.4, 0.5) is 17.6 Å². The van der Waals surface area contributed by atoms with Crippen LogP contribution in [0.1, 0.15) is 22.7 Å². The maximum Gasteiger partial charge on any atom is 0.416 e. The highest BCUT2D eigenvalue weighted by molar-refractivity contribution is 5.85. The van der Waals surface area contributed by atoms with Crippen LogP contribution < -0.4 is 5.73 Å². The van der Waals surface area contributed by atoms with Gasteiger partial charge in [-0.15, -0.1) is 12.4 Å². The van der Waals surface area contributed by atoms with Gasteiger partial charge >= 0.3 is 6.18 Å². The minimum Gasteiger partial charge on any atom is -0.391 e. The fourth-order valence-electron chi connectivity index (χ4n) is 2.25. The molecule has 23 heavy (non-hydrogen) atoms. The molecule has 0 fully saturated rings. The number of nitrogens with two attached hydrogens (primary N) is 1. The predicted molar refractivity (Wildman–Crippen MR) is 81.7 cm³/mol. The lowest BCUT2D eigenvalue weighted by Crippen LogP contribution is -2.30. The molecule has 0 aliphatic rings. The summed E-state index contributed by atoms with van der Waals surface area (Å²) in [6, 6.07) is 9.78.